The molecule has 0 heterocycles. The fourth-order valence-electron chi connectivity index (χ4n) is 0.314. The molecule has 0 saturated heterocycles. The molecule has 4 nitrogen and oxygen atoms in total. The van der Waals surface area contributed by atoms with E-state index in [2.05, 4.69) is 0 Å². The highest BCUT2D eigenvalue weighted by atomic mass is 35.9. The molecule has 62 valence electrons. The lowest BCUT2D eigenvalue weighted by Crippen LogP contribution is -2.31. The summed E-state index contributed by atoms with van der Waals surface area (Å²) < 4.78 is 0. The van der Waals surface area contributed by atoms with Gasteiger partial charge in [0, 0.05) is 0 Å². The van der Waals surface area contributed by atoms with Gasteiger partial charge in [0.25, 0.3) is 5.97 Å². The van der Waals surface area contributed by atoms with Gasteiger partial charge in [-0.2, -0.15) is 0 Å². The minimum Gasteiger partial charge on any atom is -0.386 e. The zero-order chi connectivity index (χ0) is 8.36. The van der Waals surface area contributed by atoms with Gasteiger partial charge in [0.2, 0.25) is 0 Å². The number of hydrogen-bond acceptors (Lipinski definition) is 4. The zero-order valence-electron chi connectivity index (χ0n) is 4.78. The molecular weight excluding hydrogens is 202 g/mol. The summed E-state index contributed by atoms with van der Waals surface area (Å²) in [6, 6.07) is 0. The maximum atomic E-state index is 8.75. The van der Waals surface area contributed by atoms with E-state index >= 15 is 0 Å². The number of aliphatic hydroxyl groups is 4. The molecule has 0 aliphatic carbocycles. The van der Waals surface area contributed by atoms with E-state index < -0.39 is 24.9 Å². The van der Waals surface area contributed by atoms with Crippen molar-refractivity contribution >= 4 is 29.1 Å². The Morgan fingerprint density at radius 2 is 1.70 bits per heavy atom. The average molecular weight is 209 g/mol. The van der Waals surface area contributed by atoms with Crippen LogP contribution < -0.4 is 0 Å². The fourth-order valence-corrected chi connectivity index (χ4v) is 1.11. The van der Waals surface area contributed by atoms with Crippen LogP contribution in [-0.2, 0) is 0 Å². The maximum absolute atomic E-state index is 8.75. The summed E-state index contributed by atoms with van der Waals surface area (Å²) in [5.74, 6) is -4.19. The summed E-state index contributed by atoms with van der Waals surface area (Å²) in [6.07, 6.45) is -0.675. The van der Waals surface area contributed by atoms with Crippen LogP contribution in [0, 0.1) is 0 Å². The molecule has 0 aliphatic rings. The first-order valence-corrected chi connectivity index (χ1v) is 5.51. The van der Waals surface area contributed by atoms with Gasteiger partial charge < -0.3 is 20.4 Å². The lowest BCUT2D eigenvalue weighted by atomic mass is 10.4. The second-order valence-electron chi connectivity index (χ2n) is 1.72. The molecule has 1 atom stereocenters. The SMILES string of the molecule is OC(CC(O)(O)O)P(Cl)Cl. The van der Waals surface area contributed by atoms with Crippen molar-refractivity contribution in [1.82, 2.24) is 0 Å². The van der Waals surface area contributed by atoms with Gasteiger partial charge in [-0.05, 0) is 0 Å². The van der Waals surface area contributed by atoms with Crippen molar-refractivity contribution in [2.75, 3.05) is 0 Å². The molecule has 1 unspecified atom stereocenters. The van der Waals surface area contributed by atoms with Crippen LogP contribution in [-0.4, -0.2) is 32.2 Å². The van der Waals surface area contributed by atoms with Crippen LogP contribution in [0.5, 0.6) is 0 Å². The van der Waals surface area contributed by atoms with Crippen LogP contribution >= 0.6 is 29.1 Å². The Bertz CT molecular complexity index is 103. The molecule has 0 radical (unpaired) electrons. The van der Waals surface area contributed by atoms with Crippen LogP contribution in [0.4, 0.5) is 0 Å². The van der Waals surface area contributed by atoms with E-state index in [1.54, 1.807) is 0 Å². The normalized spacial score (nSPS) is 15.9. The minimum absolute atomic E-state index is 0.675. The molecule has 0 bridgehead atoms. The molecule has 0 aromatic rings. The van der Waals surface area contributed by atoms with Crippen molar-refractivity contribution in [3.05, 3.63) is 0 Å². The first-order chi connectivity index (χ1) is 4.33. The number of halogens is 2. The predicted molar refractivity (Wildman–Crippen MR) is 38.6 cm³/mol. The quantitative estimate of drug-likeness (QED) is 0.393. The Morgan fingerprint density at radius 1 is 1.30 bits per heavy atom. The maximum Gasteiger partial charge on any atom is 0.278 e. The van der Waals surface area contributed by atoms with Crippen LogP contribution in [0.25, 0.3) is 0 Å². The third-order valence-corrected chi connectivity index (χ3v) is 2.67. The third-order valence-electron chi connectivity index (χ3n) is 0.682. The second-order valence-corrected chi connectivity index (χ2v) is 5.54. The lowest BCUT2D eigenvalue weighted by molar-refractivity contribution is -0.318. The van der Waals surface area contributed by atoms with Crippen LogP contribution in [0.15, 0.2) is 0 Å². The number of rotatable bonds is 3. The smallest absolute Gasteiger partial charge is 0.278 e. The summed E-state index contributed by atoms with van der Waals surface area (Å²) in [5.41, 5.74) is 0. The van der Waals surface area contributed by atoms with E-state index in [4.69, 9.17) is 42.9 Å². The fraction of sp³-hybridized carbons (Fsp3) is 1.00. The van der Waals surface area contributed by atoms with Crippen molar-refractivity contribution in [2.45, 2.75) is 18.2 Å². The standard InChI is InChI=1S/C3H7Cl2O4P/c4-10(5)2(6)1-3(7,8)9/h2,6-9H,1H2. The molecule has 0 fully saturated rings. The summed E-state index contributed by atoms with van der Waals surface area (Å²) in [5, 5.41) is 33.6. The molecule has 0 rings (SSSR count). The molecule has 4 N–H and O–H groups in total. The molecule has 0 aromatic carbocycles. The Morgan fingerprint density at radius 3 is 1.80 bits per heavy atom. The molecule has 7 heteroatoms. The van der Waals surface area contributed by atoms with E-state index in [-0.39, 0.29) is 0 Å². The Kier molecular flexibility index (Phi) is 4.36. The van der Waals surface area contributed by atoms with Crippen LogP contribution in [0.2, 0.25) is 0 Å². The summed E-state index contributed by atoms with van der Waals surface area (Å²) >= 11 is 10.4. The van der Waals surface area contributed by atoms with Gasteiger partial charge in [-0.15, -0.1) is 0 Å². The summed E-state index contributed by atoms with van der Waals surface area (Å²) in [6.45, 7) is -1.71. The van der Waals surface area contributed by atoms with Gasteiger partial charge in [-0.3, -0.25) is 0 Å². The first-order valence-electron chi connectivity index (χ1n) is 2.29. The Hall–Kier alpha value is 0.850. The van der Waals surface area contributed by atoms with Crippen molar-refractivity contribution in [3.63, 3.8) is 0 Å². The zero-order valence-corrected chi connectivity index (χ0v) is 7.18. The van der Waals surface area contributed by atoms with E-state index in [1.807, 2.05) is 0 Å². The van der Waals surface area contributed by atoms with Crippen LogP contribution in [0.3, 0.4) is 0 Å². The van der Waals surface area contributed by atoms with Gasteiger partial charge in [0.1, 0.15) is 12.5 Å². The average Bonchev–Trinajstić information content (AvgIpc) is 1.60. The van der Waals surface area contributed by atoms with Gasteiger partial charge in [-0.25, -0.2) is 0 Å². The molecule has 10 heavy (non-hydrogen) atoms. The van der Waals surface area contributed by atoms with E-state index in [0.29, 0.717) is 0 Å². The first kappa shape index (κ1) is 10.8. The molecule has 0 spiro atoms. The molecular formula is C3H7Cl2O4P. The second kappa shape index (κ2) is 4.02. The monoisotopic (exact) mass is 208 g/mol. The third kappa shape index (κ3) is 5.62. The number of hydrogen-bond donors (Lipinski definition) is 4. The predicted octanol–water partition coefficient (Wildman–Crippen LogP) is 0.115. The van der Waals surface area contributed by atoms with Crippen molar-refractivity contribution in [2.24, 2.45) is 0 Å². The highest BCUT2D eigenvalue weighted by molar-refractivity contribution is 8.04. The lowest BCUT2D eigenvalue weighted by Gasteiger charge is -2.18. The highest BCUT2D eigenvalue weighted by Gasteiger charge is 2.27. The summed E-state index contributed by atoms with van der Waals surface area (Å²) in [4.78, 5) is 0. The molecule has 0 aliphatic heterocycles. The summed E-state index contributed by atoms with van der Waals surface area (Å²) in [7, 11) is 0. The van der Waals surface area contributed by atoms with E-state index in [1.165, 1.54) is 0 Å². The van der Waals surface area contributed by atoms with Crippen molar-refractivity contribution in [3.8, 4) is 0 Å². The molecule has 0 aromatic heterocycles. The van der Waals surface area contributed by atoms with Crippen LogP contribution in [0.1, 0.15) is 6.42 Å². The Labute approximate surface area is 68.3 Å². The van der Waals surface area contributed by atoms with E-state index in [9.17, 15) is 0 Å². The highest BCUT2D eigenvalue weighted by Crippen LogP contribution is 2.52. The van der Waals surface area contributed by atoms with Gasteiger partial charge >= 0.3 is 0 Å². The topological polar surface area (TPSA) is 80.9 Å². The Balaban J connectivity index is 3.68. The molecule has 0 amide bonds. The minimum atomic E-state index is -2.90. The van der Waals surface area contributed by atoms with Gasteiger partial charge in [0.05, 0.1) is 6.42 Å². The van der Waals surface area contributed by atoms with Gasteiger partial charge in [0.15, 0.2) is 0 Å². The largest absolute Gasteiger partial charge is 0.386 e. The number of aliphatic hydroxyl groups excluding tert-OH is 1. The van der Waals surface area contributed by atoms with Crippen molar-refractivity contribution < 1.29 is 20.4 Å². The molecule has 0 saturated carbocycles. The van der Waals surface area contributed by atoms with Gasteiger partial charge in [-0.1, -0.05) is 22.5 Å². The van der Waals surface area contributed by atoms with E-state index in [0.717, 1.165) is 0 Å². The van der Waals surface area contributed by atoms with Crippen molar-refractivity contribution in [1.29, 1.82) is 0 Å².